The van der Waals surface area contributed by atoms with Crippen LogP contribution in [0.2, 0.25) is 0 Å². The number of aromatic amines is 1. The Kier molecular flexibility index (Phi) is 3.98. The van der Waals surface area contributed by atoms with Gasteiger partial charge in [-0.05, 0) is 17.9 Å². The Morgan fingerprint density at radius 3 is 2.76 bits per heavy atom. The molecule has 2 heterocycles. The van der Waals surface area contributed by atoms with E-state index in [2.05, 4.69) is 20.3 Å². The maximum Gasteiger partial charge on any atom is 0.343 e. The van der Waals surface area contributed by atoms with E-state index in [1.54, 1.807) is 13.0 Å². The molecule has 0 radical (unpaired) electrons. The minimum absolute atomic E-state index is 0.149. The van der Waals surface area contributed by atoms with Crippen molar-refractivity contribution in [1.29, 1.82) is 0 Å². The highest BCUT2D eigenvalue weighted by atomic mass is 32.1. The minimum Gasteiger partial charge on any atom is -0.465 e. The number of nitrogens with one attached hydrogen (secondary N) is 2. The van der Waals surface area contributed by atoms with Gasteiger partial charge in [-0.2, -0.15) is 0 Å². The van der Waals surface area contributed by atoms with Crippen molar-refractivity contribution in [3.8, 4) is 0 Å². The molecule has 2 aromatic heterocycles. The number of aryl methyl sites for hydroxylation is 1. The number of aromatic nitrogens is 2. The van der Waals surface area contributed by atoms with Crippen LogP contribution in [0.4, 0.5) is 10.8 Å². The van der Waals surface area contributed by atoms with Crippen LogP contribution < -0.4 is 5.32 Å². The van der Waals surface area contributed by atoms with E-state index < -0.39 is 22.6 Å². The van der Waals surface area contributed by atoms with Gasteiger partial charge >= 0.3 is 11.8 Å². The van der Waals surface area contributed by atoms with Crippen LogP contribution in [-0.2, 0) is 4.74 Å². The number of carbonyl (C=O) groups is 2. The molecule has 0 fully saturated rings. The van der Waals surface area contributed by atoms with Gasteiger partial charge in [0, 0.05) is 4.88 Å². The molecule has 21 heavy (non-hydrogen) atoms. The van der Waals surface area contributed by atoms with Crippen LogP contribution in [0, 0.1) is 17.0 Å². The average molecular weight is 310 g/mol. The van der Waals surface area contributed by atoms with Gasteiger partial charge in [0.05, 0.1) is 18.7 Å². The number of ether oxygens (including phenoxy) is 1. The van der Waals surface area contributed by atoms with Gasteiger partial charge in [-0.15, -0.1) is 16.4 Å². The summed E-state index contributed by atoms with van der Waals surface area (Å²) in [6.45, 7) is 1.77. The molecular formula is C11H10N4O5S. The third kappa shape index (κ3) is 3.05. The Bertz CT molecular complexity index is 720. The number of thiophene rings is 1. The SMILES string of the molecule is COC(=O)c1cc(C)sc1NC(=O)c1cc([N+](=O)[O-])[nH]n1. The van der Waals surface area contributed by atoms with E-state index in [0.29, 0.717) is 5.00 Å². The Morgan fingerprint density at radius 1 is 1.48 bits per heavy atom. The minimum atomic E-state index is -0.695. The number of amides is 1. The Hall–Kier alpha value is -2.75. The van der Waals surface area contributed by atoms with Crippen molar-refractivity contribution in [1.82, 2.24) is 10.2 Å². The van der Waals surface area contributed by atoms with Crippen LogP contribution in [-0.4, -0.2) is 34.1 Å². The highest BCUT2D eigenvalue weighted by molar-refractivity contribution is 7.16. The molecule has 2 aromatic rings. The number of nitro groups is 1. The molecule has 0 saturated carbocycles. The summed E-state index contributed by atoms with van der Waals surface area (Å²) in [5.41, 5.74) is 0.0713. The summed E-state index contributed by atoms with van der Waals surface area (Å²) in [5, 5.41) is 19.0. The molecule has 0 bridgehead atoms. The van der Waals surface area contributed by atoms with Gasteiger partial charge in [0.25, 0.3) is 5.91 Å². The average Bonchev–Trinajstić information content (AvgIpc) is 3.04. The molecule has 0 aliphatic heterocycles. The second-order valence-electron chi connectivity index (χ2n) is 3.94. The normalized spacial score (nSPS) is 10.2. The molecular weight excluding hydrogens is 300 g/mol. The van der Waals surface area contributed by atoms with Gasteiger partial charge < -0.3 is 20.2 Å². The van der Waals surface area contributed by atoms with Gasteiger partial charge in [0.1, 0.15) is 5.00 Å². The summed E-state index contributed by atoms with van der Waals surface area (Å²) in [5.74, 6) is -1.63. The third-order valence-electron chi connectivity index (χ3n) is 2.48. The number of esters is 1. The summed E-state index contributed by atoms with van der Waals surface area (Å²) in [7, 11) is 1.23. The quantitative estimate of drug-likeness (QED) is 0.503. The number of nitrogens with zero attached hydrogens (tertiary/aromatic N) is 2. The number of methoxy groups -OCH3 is 1. The molecule has 0 saturated heterocycles. The zero-order valence-electron chi connectivity index (χ0n) is 11.0. The highest BCUT2D eigenvalue weighted by Crippen LogP contribution is 2.28. The van der Waals surface area contributed by atoms with E-state index in [1.165, 1.54) is 18.4 Å². The van der Waals surface area contributed by atoms with Crippen molar-refractivity contribution in [3.05, 3.63) is 38.4 Å². The lowest BCUT2D eigenvalue weighted by molar-refractivity contribution is -0.389. The fourth-order valence-electron chi connectivity index (χ4n) is 1.56. The van der Waals surface area contributed by atoms with Gasteiger partial charge in [0.15, 0.2) is 5.69 Å². The van der Waals surface area contributed by atoms with E-state index in [9.17, 15) is 19.7 Å². The molecule has 0 aromatic carbocycles. The molecule has 1 amide bonds. The Labute approximate surface area is 122 Å². The predicted octanol–water partition coefficient (Wildman–Crippen LogP) is 1.73. The van der Waals surface area contributed by atoms with Gasteiger partial charge in [-0.25, -0.2) is 4.79 Å². The van der Waals surface area contributed by atoms with Crippen molar-refractivity contribution in [2.24, 2.45) is 0 Å². The number of H-pyrrole nitrogens is 1. The molecule has 110 valence electrons. The first-order chi connectivity index (χ1) is 9.92. The van der Waals surface area contributed by atoms with E-state index in [0.717, 1.165) is 10.9 Å². The van der Waals surface area contributed by atoms with Gasteiger partial charge in [-0.1, -0.05) is 5.10 Å². The van der Waals surface area contributed by atoms with Crippen LogP contribution in [0.1, 0.15) is 25.7 Å². The van der Waals surface area contributed by atoms with Crippen molar-refractivity contribution in [2.45, 2.75) is 6.92 Å². The lowest BCUT2D eigenvalue weighted by Crippen LogP contribution is -2.14. The first-order valence-corrected chi connectivity index (χ1v) is 6.44. The molecule has 2 rings (SSSR count). The van der Waals surface area contributed by atoms with Crippen LogP contribution in [0.15, 0.2) is 12.1 Å². The van der Waals surface area contributed by atoms with Crippen LogP contribution >= 0.6 is 11.3 Å². The second kappa shape index (κ2) is 5.71. The van der Waals surface area contributed by atoms with Gasteiger partial charge in [-0.3, -0.25) is 4.79 Å². The summed E-state index contributed by atoms with van der Waals surface area (Å²) < 4.78 is 4.62. The summed E-state index contributed by atoms with van der Waals surface area (Å²) >= 11 is 1.19. The summed E-state index contributed by atoms with van der Waals surface area (Å²) in [6.07, 6.45) is 0. The molecule has 0 aliphatic carbocycles. The Morgan fingerprint density at radius 2 is 2.19 bits per heavy atom. The molecule has 0 atom stereocenters. The highest BCUT2D eigenvalue weighted by Gasteiger charge is 2.21. The van der Waals surface area contributed by atoms with Crippen LogP contribution in [0.25, 0.3) is 0 Å². The Balaban J connectivity index is 2.23. The molecule has 10 heteroatoms. The van der Waals surface area contributed by atoms with E-state index in [4.69, 9.17) is 0 Å². The van der Waals surface area contributed by atoms with Crippen molar-refractivity contribution >= 4 is 34.0 Å². The predicted molar refractivity (Wildman–Crippen MR) is 73.6 cm³/mol. The van der Waals surface area contributed by atoms with Crippen LogP contribution in [0.5, 0.6) is 0 Å². The fraction of sp³-hybridized carbons (Fsp3) is 0.182. The zero-order chi connectivity index (χ0) is 15.6. The number of carbonyl (C=O) groups excluding carboxylic acids is 2. The lowest BCUT2D eigenvalue weighted by atomic mass is 10.3. The monoisotopic (exact) mass is 310 g/mol. The van der Waals surface area contributed by atoms with E-state index >= 15 is 0 Å². The number of anilines is 1. The number of hydrogen-bond acceptors (Lipinski definition) is 7. The molecule has 0 unspecified atom stereocenters. The standard InChI is InChI=1S/C11H10N4O5S/c1-5-3-6(11(17)20-2)10(21-5)12-9(16)7-4-8(14-13-7)15(18)19/h3-4H,1-2H3,(H,12,16)(H,13,14). The van der Waals surface area contributed by atoms with E-state index in [1.807, 2.05) is 0 Å². The first kappa shape index (κ1) is 14.7. The van der Waals surface area contributed by atoms with E-state index in [-0.39, 0.29) is 11.3 Å². The fourth-order valence-corrected chi connectivity index (χ4v) is 2.45. The van der Waals surface area contributed by atoms with Crippen molar-refractivity contribution < 1.29 is 19.2 Å². The molecule has 2 N–H and O–H groups in total. The maximum absolute atomic E-state index is 12.0. The van der Waals surface area contributed by atoms with Crippen molar-refractivity contribution in [3.63, 3.8) is 0 Å². The molecule has 9 nitrogen and oxygen atoms in total. The summed E-state index contributed by atoms with van der Waals surface area (Å²) in [4.78, 5) is 34.2. The lowest BCUT2D eigenvalue weighted by Gasteiger charge is -2.02. The largest absolute Gasteiger partial charge is 0.465 e. The topological polar surface area (TPSA) is 127 Å². The molecule has 0 aliphatic rings. The zero-order valence-corrected chi connectivity index (χ0v) is 11.8. The first-order valence-electron chi connectivity index (χ1n) is 5.62. The number of hydrogen-bond donors (Lipinski definition) is 2. The van der Waals surface area contributed by atoms with Gasteiger partial charge in [0.2, 0.25) is 0 Å². The summed E-state index contributed by atoms with van der Waals surface area (Å²) in [6, 6.07) is 2.59. The van der Waals surface area contributed by atoms with Crippen molar-refractivity contribution in [2.75, 3.05) is 12.4 Å². The number of rotatable bonds is 4. The third-order valence-corrected chi connectivity index (χ3v) is 3.45. The maximum atomic E-state index is 12.0. The second-order valence-corrected chi connectivity index (χ2v) is 5.20. The molecule has 0 spiro atoms. The van der Waals surface area contributed by atoms with Crippen LogP contribution in [0.3, 0.4) is 0 Å². The smallest absolute Gasteiger partial charge is 0.343 e.